The molecule has 0 bridgehead atoms. The molecule has 0 spiro atoms. The highest BCUT2D eigenvalue weighted by Crippen LogP contribution is 2.20. The monoisotopic (exact) mass is 318 g/mol. The van der Waals surface area contributed by atoms with E-state index in [4.69, 9.17) is 4.74 Å². The molecule has 23 heavy (non-hydrogen) atoms. The number of carbonyl (C=O) groups excluding carboxylic acids is 2. The molecule has 5 nitrogen and oxygen atoms in total. The number of likely N-dealkylation sites (tertiary alicyclic amines) is 1. The summed E-state index contributed by atoms with van der Waals surface area (Å²) in [6.07, 6.45) is 1.84. The standard InChI is InChI=1S/C18H26N2O3/c1-4-20-10-6-9-15(11-20)18(22)23-12-16(21)19-17-13(2)7-5-8-14(17)3/h5,7-8,15H,4,6,9-12H2,1-3H3,(H,19,21). The Bertz CT molecular complexity index is 551. The zero-order valence-electron chi connectivity index (χ0n) is 14.2. The third-order valence-electron chi connectivity index (χ3n) is 4.38. The first-order valence-electron chi connectivity index (χ1n) is 8.26. The zero-order chi connectivity index (χ0) is 16.8. The van der Waals surface area contributed by atoms with Crippen LogP contribution >= 0.6 is 0 Å². The lowest BCUT2D eigenvalue weighted by Crippen LogP contribution is -2.39. The predicted octanol–water partition coefficient (Wildman–Crippen LogP) is 2.52. The highest BCUT2D eigenvalue weighted by Gasteiger charge is 2.26. The van der Waals surface area contributed by atoms with Crippen molar-refractivity contribution in [3.05, 3.63) is 29.3 Å². The fourth-order valence-corrected chi connectivity index (χ4v) is 2.98. The van der Waals surface area contributed by atoms with Crippen molar-refractivity contribution in [2.24, 2.45) is 5.92 Å². The van der Waals surface area contributed by atoms with Crippen LogP contribution in [0.25, 0.3) is 0 Å². The number of amides is 1. The summed E-state index contributed by atoms with van der Waals surface area (Å²) < 4.78 is 5.21. The van der Waals surface area contributed by atoms with E-state index in [-0.39, 0.29) is 24.4 Å². The first kappa shape index (κ1) is 17.5. The Morgan fingerprint density at radius 1 is 1.30 bits per heavy atom. The largest absolute Gasteiger partial charge is 0.455 e. The van der Waals surface area contributed by atoms with Gasteiger partial charge in [-0.15, -0.1) is 0 Å². The van der Waals surface area contributed by atoms with Crippen molar-refractivity contribution in [2.45, 2.75) is 33.6 Å². The van der Waals surface area contributed by atoms with Crippen molar-refractivity contribution in [3.8, 4) is 0 Å². The van der Waals surface area contributed by atoms with Crippen molar-refractivity contribution in [2.75, 3.05) is 31.6 Å². The fraction of sp³-hybridized carbons (Fsp3) is 0.556. The number of anilines is 1. The number of benzene rings is 1. The van der Waals surface area contributed by atoms with E-state index in [1.54, 1.807) is 0 Å². The second-order valence-electron chi connectivity index (χ2n) is 6.16. The first-order chi connectivity index (χ1) is 11.0. The maximum atomic E-state index is 12.1. The molecule has 126 valence electrons. The van der Waals surface area contributed by atoms with Gasteiger partial charge in [0.25, 0.3) is 5.91 Å². The number of carbonyl (C=O) groups is 2. The third-order valence-corrected chi connectivity index (χ3v) is 4.38. The lowest BCUT2D eigenvalue weighted by molar-refractivity contribution is -0.153. The van der Waals surface area contributed by atoms with Crippen molar-refractivity contribution < 1.29 is 14.3 Å². The van der Waals surface area contributed by atoms with Gasteiger partial charge in [-0.25, -0.2) is 0 Å². The van der Waals surface area contributed by atoms with Crippen LogP contribution in [-0.2, 0) is 14.3 Å². The van der Waals surface area contributed by atoms with E-state index in [2.05, 4.69) is 17.1 Å². The van der Waals surface area contributed by atoms with Gasteiger partial charge in [0.2, 0.25) is 0 Å². The van der Waals surface area contributed by atoms with Crippen LogP contribution in [0.2, 0.25) is 0 Å². The Morgan fingerprint density at radius 2 is 2.00 bits per heavy atom. The van der Waals surface area contributed by atoms with E-state index < -0.39 is 0 Å². The van der Waals surface area contributed by atoms with Gasteiger partial charge in [-0.3, -0.25) is 9.59 Å². The van der Waals surface area contributed by atoms with Gasteiger partial charge in [-0.2, -0.15) is 0 Å². The Hall–Kier alpha value is -1.88. The van der Waals surface area contributed by atoms with Gasteiger partial charge < -0.3 is 15.0 Å². The van der Waals surface area contributed by atoms with Crippen LogP contribution in [0.5, 0.6) is 0 Å². The fourth-order valence-electron chi connectivity index (χ4n) is 2.98. The number of nitrogens with zero attached hydrogens (tertiary/aromatic N) is 1. The molecule has 1 fully saturated rings. The molecule has 1 aromatic carbocycles. The molecule has 0 aromatic heterocycles. The highest BCUT2D eigenvalue weighted by atomic mass is 16.5. The lowest BCUT2D eigenvalue weighted by Gasteiger charge is -2.30. The van der Waals surface area contributed by atoms with Gasteiger partial charge in [-0.05, 0) is 50.9 Å². The van der Waals surface area contributed by atoms with Crippen LogP contribution in [0.1, 0.15) is 30.9 Å². The number of nitrogens with one attached hydrogen (secondary N) is 1. The summed E-state index contributed by atoms with van der Waals surface area (Å²) in [7, 11) is 0. The summed E-state index contributed by atoms with van der Waals surface area (Å²) in [4.78, 5) is 26.4. The molecule has 1 amide bonds. The number of aryl methyl sites for hydroxylation is 2. The van der Waals surface area contributed by atoms with Crippen molar-refractivity contribution in [3.63, 3.8) is 0 Å². The Labute approximate surface area is 138 Å². The van der Waals surface area contributed by atoms with E-state index in [1.807, 2.05) is 32.0 Å². The summed E-state index contributed by atoms with van der Waals surface area (Å²) in [6, 6.07) is 5.83. The molecule has 1 aliphatic rings. The molecule has 0 aliphatic carbocycles. The molecule has 1 N–H and O–H groups in total. The van der Waals surface area contributed by atoms with Gasteiger partial charge >= 0.3 is 5.97 Å². The van der Waals surface area contributed by atoms with Gasteiger partial charge in [0, 0.05) is 12.2 Å². The summed E-state index contributed by atoms with van der Waals surface area (Å²) in [6.45, 7) is 8.45. The van der Waals surface area contributed by atoms with Crippen molar-refractivity contribution >= 4 is 17.6 Å². The van der Waals surface area contributed by atoms with Crippen LogP contribution < -0.4 is 5.32 Å². The first-order valence-corrected chi connectivity index (χ1v) is 8.26. The number of para-hydroxylation sites is 1. The van der Waals surface area contributed by atoms with Gasteiger partial charge in [-0.1, -0.05) is 25.1 Å². The van der Waals surface area contributed by atoms with E-state index in [0.29, 0.717) is 0 Å². The molecule has 1 aromatic rings. The second-order valence-corrected chi connectivity index (χ2v) is 6.16. The molecule has 1 aliphatic heterocycles. The van der Waals surface area contributed by atoms with Crippen molar-refractivity contribution in [1.82, 2.24) is 4.90 Å². The molecule has 0 saturated carbocycles. The minimum atomic E-state index is -0.293. The van der Waals surface area contributed by atoms with Crippen LogP contribution in [0.3, 0.4) is 0 Å². The maximum absolute atomic E-state index is 12.1. The summed E-state index contributed by atoms with van der Waals surface area (Å²) in [5.41, 5.74) is 2.79. The van der Waals surface area contributed by atoms with Crippen LogP contribution in [0.15, 0.2) is 18.2 Å². The summed E-state index contributed by atoms with van der Waals surface area (Å²) in [5, 5.41) is 2.83. The average molecular weight is 318 g/mol. The quantitative estimate of drug-likeness (QED) is 0.848. The predicted molar refractivity (Wildman–Crippen MR) is 90.3 cm³/mol. The smallest absolute Gasteiger partial charge is 0.310 e. The van der Waals surface area contributed by atoms with E-state index >= 15 is 0 Å². The topological polar surface area (TPSA) is 58.6 Å². The molecule has 1 heterocycles. The number of ether oxygens (including phenoxy) is 1. The molecule has 0 radical (unpaired) electrons. The second kappa shape index (κ2) is 8.11. The van der Waals surface area contributed by atoms with Crippen LogP contribution in [-0.4, -0.2) is 43.0 Å². The van der Waals surface area contributed by atoms with Gasteiger partial charge in [0.1, 0.15) is 0 Å². The normalized spacial score (nSPS) is 18.5. The Balaban J connectivity index is 1.83. The van der Waals surface area contributed by atoms with E-state index in [9.17, 15) is 9.59 Å². The summed E-state index contributed by atoms with van der Waals surface area (Å²) >= 11 is 0. The molecule has 1 saturated heterocycles. The number of hydrogen-bond donors (Lipinski definition) is 1. The highest BCUT2D eigenvalue weighted by molar-refractivity contribution is 5.94. The minimum Gasteiger partial charge on any atom is -0.455 e. The molecular weight excluding hydrogens is 292 g/mol. The molecular formula is C18H26N2O3. The maximum Gasteiger partial charge on any atom is 0.310 e. The van der Waals surface area contributed by atoms with Crippen molar-refractivity contribution in [1.29, 1.82) is 0 Å². The number of rotatable bonds is 5. The number of esters is 1. The molecule has 2 rings (SSSR count). The number of piperidine rings is 1. The summed E-state index contributed by atoms with van der Waals surface area (Å²) in [5.74, 6) is -0.671. The lowest BCUT2D eigenvalue weighted by atomic mass is 9.98. The molecule has 1 atom stereocenters. The SMILES string of the molecule is CCN1CCCC(C(=O)OCC(=O)Nc2c(C)cccc2C)C1. The number of hydrogen-bond acceptors (Lipinski definition) is 4. The minimum absolute atomic E-state index is 0.114. The average Bonchev–Trinajstić information content (AvgIpc) is 2.56. The Morgan fingerprint density at radius 3 is 2.65 bits per heavy atom. The molecule has 1 unspecified atom stereocenters. The third kappa shape index (κ3) is 4.79. The van der Waals surface area contributed by atoms with Crippen LogP contribution in [0.4, 0.5) is 5.69 Å². The Kier molecular flexibility index (Phi) is 6.16. The molecule has 5 heteroatoms. The van der Waals surface area contributed by atoms with E-state index in [0.717, 1.165) is 49.3 Å². The van der Waals surface area contributed by atoms with E-state index in [1.165, 1.54) is 0 Å². The van der Waals surface area contributed by atoms with Gasteiger partial charge in [0.15, 0.2) is 6.61 Å². The zero-order valence-corrected chi connectivity index (χ0v) is 14.2. The van der Waals surface area contributed by atoms with Gasteiger partial charge in [0.05, 0.1) is 5.92 Å². The van der Waals surface area contributed by atoms with Crippen LogP contribution in [0, 0.1) is 19.8 Å².